The fraction of sp³-hybridized carbons (Fsp3) is 0.125. The Morgan fingerprint density at radius 3 is 2.22 bits per heavy atom. The number of ether oxygens (including phenoxy) is 1. The number of methoxy groups -OCH3 is 1. The van der Waals surface area contributed by atoms with E-state index in [1.54, 1.807) is 37.8 Å². The summed E-state index contributed by atoms with van der Waals surface area (Å²) in [5.41, 5.74) is 8.98. The number of nitrogens with zero attached hydrogens (tertiary/aromatic N) is 4. The summed E-state index contributed by atoms with van der Waals surface area (Å²) in [6.45, 7) is 0. The summed E-state index contributed by atoms with van der Waals surface area (Å²) >= 11 is 0. The van der Waals surface area contributed by atoms with E-state index in [1.165, 1.54) is 0 Å². The Kier molecular flexibility index (Phi) is 6.31. The third-order valence-electron chi connectivity index (χ3n) is 5.09. The molecule has 0 aliphatic carbocycles. The molecule has 0 fully saturated rings. The zero-order valence-corrected chi connectivity index (χ0v) is 17.4. The van der Waals surface area contributed by atoms with Crippen LogP contribution in [0.25, 0.3) is 0 Å². The molecular formula is C24H22N6O2. The van der Waals surface area contributed by atoms with Crippen LogP contribution in [0.2, 0.25) is 0 Å². The van der Waals surface area contributed by atoms with Crippen LogP contribution in [0, 0.1) is 0 Å². The lowest BCUT2D eigenvalue weighted by Gasteiger charge is -2.28. The van der Waals surface area contributed by atoms with Crippen molar-refractivity contribution in [1.82, 2.24) is 19.9 Å². The van der Waals surface area contributed by atoms with Gasteiger partial charge in [-0.25, -0.2) is 14.8 Å². The molecule has 0 saturated heterocycles. The van der Waals surface area contributed by atoms with E-state index in [-0.39, 0.29) is 11.8 Å². The molecule has 32 heavy (non-hydrogen) atoms. The number of carbonyl (C=O) groups is 1. The molecule has 0 aromatic carbocycles. The van der Waals surface area contributed by atoms with E-state index >= 15 is 0 Å². The molecule has 0 bridgehead atoms. The van der Waals surface area contributed by atoms with Crippen LogP contribution in [0.4, 0.5) is 10.6 Å². The molecule has 1 unspecified atom stereocenters. The Morgan fingerprint density at radius 2 is 1.62 bits per heavy atom. The summed E-state index contributed by atoms with van der Waals surface area (Å²) in [5, 5.41) is 2.55. The maximum absolute atomic E-state index is 11.4. The number of aromatic nitrogens is 4. The van der Waals surface area contributed by atoms with Crippen LogP contribution >= 0.6 is 0 Å². The SMILES string of the molecule is COc1cccc(C(c2ccnc(NC(N)=O)c2)C(c2cccnc2)c2cccnc2)n1. The third kappa shape index (κ3) is 4.70. The van der Waals surface area contributed by atoms with Gasteiger partial charge in [-0.3, -0.25) is 15.3 Å². The summed E-state index contributed by atoms with van der Waals surface area (Å²) in [7, 11) is 1.59. The zero-order chi connectivity index (χ0) is 22.3. The van der Waals surface area contributed by atoms with Crippen molar-refractivity contribution in [2.24, 2.45) is 5.73 Å². The number of carbonyl (C=O) groups excluding carboxylic acids is 1. The fourth-order valence-electron chi connectivity index (χ4n) is 3.78. The number of amides is 2. The van der Waals surface area contributed by atoms with Gasteiger partial charge < -0.3 is 10.5 Å². The van der Waals surface area contributed by atoms with Crippen molar-refractivity contribution >= 4 is 11.8 Å². The lowest BCUT2D eigenvalue weighted by molar-refractivity contribution is 0.259. The van der Waals surface area contributed by atoms with Gasteiger partial charge in [0, 0.05) is 48.9 Å². The summed E-state index contributed by atoms with van der Waals surface area (Å²) in [6.07, 6.45) is 8.80. The van der Waals surface area contributed by atoms with Gasteiger partial charge in [0.1, 0.15) is 5.82 Å². The monoisotopic (exact) mass is 426 g/mol. The molecule has 0 aliphatic rings. The minimum atomic E-state index is -0.679. The number of urea groups is 1. The topological polar surface area (TPSA) is 116 Å². The molecule has 2 amide bonds. The number of hydrogen-bond donors (Lipinski definition) is 2. The second-order valence-corrected chi connectivity index (χ2v) is 7.10. The van der Waals surface area contributed by atoms with E-state index in [4.69, 9.17) is 15.5 Å². The molecule has 0 saturated carbocycles. The first kappa shape index (κ1) is 20.9. The zero-order valence-electron chi connectivity index (χ0n) is 17.4. The molecule has 1 atom stereocenters. The number of anilines is 1. The average molecular weight is 426 g/mol. The van der Waals surface area contributed by atoms with E-state index in [2.05, 4.69) is 20.3 Å². The van der Waals surface area contributed by atoms with Gasteiger partial charge in [-0.2, -0.15) is 0 Å². The van der Waals surface area contributed by atoms with E-state index in [0.717, 1.165) is 22.4 Å². The Labute approximate surface area is 185 Å². The maximum Gasteiger partial charge on any atom is 0.317 e. The van der Waals surface area contributed by atoms with Gasteiger partial charge >= 0.3 is 6.03 Å². The van der Waals surface area contributed by atoms with Crippen molar-refractivity contribution in [3.63, 3.8) is 0 Å². The molecule has 0 spiro atoms. The Balaban J connectivity index is 1.93. The first-order chi connectivity index (χ1) is 15.7. The first-order valence-electron chi connectivity index (χ1n) is 9.99. The van der Waals surface area contributed by atoms with Crippen LogP contribution in [0.15, 0.2) is 85.6 Å². The number of nitrogens with one attached hydrogen (secondary N) is 1. The van der Waals surface area contributed by atoms with Gasteiger partial charge in [0.25, 0.3) is 0 Å². The quantitative estimate of drug-likeness (QED) is 0.465. The van der Waals surface area contributed by atoms with Crippen molar-refractivity contribution < 1.29 is 9.53 Å². The number of pyridine rings is 4. The van der Waals surface area contributed by atoms with Gasteiger partial charge in [0.2, 0.25) is 5.88 Å². The van der Waals surface area contributed by atoms with Gasteiger partial charge in [-0.15, -0.1) is 0 Å². The van der Waals surface area contributed by atoms with Gasteiger partial charge in [-0.05, 0) is 47.0 Å². The van der Waals surface area contributed by atoms with Crippen molar-refractivity contribution in [3.05, 3.63) is 108 Å². The molecule has 8 nitrogen and oxygen atoms in total. The molecule has 4 heterocycles. The Bertz CT molecular complexity index is 1150. The fourth-order valence-corrected chi connectivity index (χ4v) is 3.78. The number of hydrogen-bond acceptors (Lipinski definition) is 6. The Morgan fingerprint density at radius 1 is 0.906 bits per heavy atom. The largest absolute Gasteiger partial charge is 0.481 e. The molecule has 4 rings (SSSR count). The average Bonchev–Trinajstić information content (AvgIpc) is 2.83. The van der Waals surface area contributed by atoms with Gasteiger partial charge in [-0.1, -0.05) is 18.2 Å². The second-order valence-electron chi connectivity index (χ2n) is 7.10. The van der Waals surface area contributed by atoms with Crippen molar-refractivity contribution in [1.29, 1.82) is 0 Å². The van der Waals surface area contributed by atoms with Crippen molar-refractivity contribution in [2.45, 2.75) is 11.8 Å². The van der Waals surface area contributed by atoms with Crippen molar-refractivity contribution in [2.75, 3.05) is 12.4 Å². The predicted molar refractivity (Wildman–Crippen MR) is 120 cm³/mol. The summed E-state index contributed by atoms with van der Waals surface area (Å²) in [5.74, 6) is 0.447. The number of primary amides is 1. The van der Waals surface area contributed by atoms with Crippen molar-refractivity contribution in [3.8, 4) is 5.88 Å². The smallest absolute Gasteiger partial charge is 0.317 e. The lowest BCUT2D eigenvalue weighted by atomic mass is 9.76. The molecule has 3 N–H and O–H groups in total. The van der Waals surface area contributed by atoms with Gasteiger partial charge in [0.05, 0.1) is 12.8 Å². The van der Waals surface area contributed by atoms with E-state index in [9.17, 15) is 4.79 Å². The predicted octanol–water partition coefficient (Wildman–Crippen LogP) is 3.73. The minimum Gasteiger partial charge on any atom is -0.481 e. The summed E-state index contributed by atoms with van der Waals surface area (Å²) in [6, 6.07) is 16.5. The van der Waals surface area contributed by atoms with E-state index in [0.29, 0.717) is 11.7 Å². The highest BCUT2D eigenvalue weighted by Gasteiger charge is 2.30. The molecular weight excluding hydrogens is 404 g/mol. The highest BCUT2D eigenvalue weighted by atomic mass is 16.5. The number of nitrogens with two attached hydrogens (primary N) is 1. The summed E-state index contributed by atoms with van der Waals surface area (Å²) < 4.78 is 5.39. The molecule has 4 aromatic rings. The molecule has 4 aromatic heterocycles. The third-order valence-corrected chi connectivity index (χ3v) is 5.09. The van der Waals surface area contributed by atoms with E-state index < -0.39 is 6.03 Å². The molecule has 0 aliphatic heterocycles. The highest BCUT2D eigenvalue weighted by Crippen LogP contribution is 2.42. The van der Waals surface area contributed by atoms with Crippen LogP contribution in [0.5, 0.6) is 5.88 Å². The van der Waals surface area contributed by atoms with Crippen LogP contribution in [0.3, 0.4) is 0 Å². The minimum absolute atomic E-state index is 0.166. The molecule has 160 valence electrons. The number of rotatable bonds is 7. The maximum atomic E-state index is 11.4. The second kappa shape index (κ2) is 9.65. The Hall–Kier alpha value is -4.33. The van der Waals surface area contributed by atoms with Crippen LogP contribution in [-0.2, 0) is 0 Å². The summed E-state index contributed by atoms with van der Waals surface area (Å²) in [4.78, 5) is 29.0. The molecule has 8 heteroatoms. The molecule has 0 radical (unpaired) electrons. The normalized spacial score (nSPS) is 11.7. The van der Waals surface area contributed by atoms with Gasteiger partial charge in [0.15, 0.2) is 0 Å². The van der Waals surface area contributed by atoms with E-state index in [1.807, 2.05) is 54.9 Å². The standard InChI is InChI=1S/C24H22N6O2/c1-32-21-8-2-7-19(29-21)23(16-9-12-28-20(13-16)30-24(25)31)22(17-5-3-10-26-14-17)18-6-4-11-27-15-18/h2-15,22-23H,1H3,(H3,25,28,30,31). The van der Waals surface area contributed by atoms with Crippen LogP contribution in [-0.4, -0.2) is 33.1 Å². The first-order valence-corrected chi connectivity index (χ1v) is 9.99. The lowest BCUT2D eigenvalue weighted by Crippen LogP contribution is -2.21. The highest BCUT2D eigenvalue weighted by molar-refractivity contribution is 5.86. The van der Waals surface area contributed by atoms with Crippen LogP contribution in [0.1, 0.15) is 34.2 Å². The van der Waals surface area contributed by atoms with Crippen LogP contribution < -0.4 is 15.8 Å².